The summed E-state index contributed by atoms with van der Waals surface area (Å²) in [4.78, 5) is 25.3. The highest BCUT2D eigenvalue weighted by Crippen LogP contribution is 2.28. The van der Waals surface area contributed by atoms with Gasteiger partial charge in [0.15, 0.2) is 0 Å². The van der Waals surface area contributed by atoms with Gasteiger partial charge in [0, 0.05) is 24.6 Å². The van der Waals surface area contributed by atoms with Crippen LogP contribution < -0.4 is 10.9 Å². The predicted octanol–water partition coefficient (Wildman–Crippen LogP) is 1.45. The highest BCUT2D eigenvalue weighted by Gasteiger charge is 2.33. The molecule has 2 amide bonds. The normalized spacial score (nSPS) is 15.1. The lowest BCUT2D eigenvalue weighted by Gasteiger charge is -2.31. The van der Waals surface area contributed by atoms with Gasteiger partial charge in [-0.2, -0.15) is 4.31 Å². The summed E-state index contributed by atoms with van der Waals surface area (Å²) in [5, 5.41) is 10.9. The number of hydrazine groups is 1. The van der Waals surface area contributed by atoms with E-state index in [2.05, 4.69) is 26.4 Å². The minimum atomic E-state index is -3.65. The molecule has 35 heavy (non-hydrogen) atoms. The number of nitrogens with zero attached hydrogens (tertiary/aromatic N) is 5. The van der Waals surface area contributed by atoms with Crippen LogP contribution in [-0.4, -0.2) is 57.8 Å². The molecule has 2 N–H and O–H groups in total. The average Bonchev–Trinajstić information content (AvgIpc) is 3.37. The lowest BCUT2D eigenvalue weighted by molar-refractivity contribution is -0.126. The molecule has 0 spiro atoms. The number of aromatic nitrogens is 4. The molecule has 11 nitrogen and oxygen atoms in total. The minimum absolute atomic E-state index is 0.236. The number of sulfonamides is 1. The van der Waals surface area contributed by atoms with Gasteiger partial charge in [-0.05, 0) is 79.4 Å². The van der Waals surface area contributed by atoms with Crippen LogP contribution in [0.2, 0.25) is 0 Å². The van der Waals surface area contributed by atoms with E-state index in [1.165, 1.54) is 15.3 Å². The lowest BCUT2D eigenvalue weighted by Crippen LogP contribution is -2.48. The molecule has 0 aliphatic carbocycles. The minimum Gasteiger partial charge on any atom is -0.273 e. The summed E-state index contributed by atoms with van der Waals surface area (Å²) >= 11 is 0. The molecule has 184 valence electrons. The van der Waals surface area contributed by atoms with Gasteiger partial charge in [-0.1, -0.05) is 17.7 Å². The molecule has 1 aromatic heterocycles. The number of hydrogen-bond acceptors (Lipinski definition) is 7. The van der Waals surface area contributed by atoms with Crippen LogP contribution in [0.25, 0.3) is 5.69 Å². The van der Waals surface area contributed by atoms with Gasteiger partial charge in [0.05, 0.1) is 10.6 Å². The van der Waals surface area contributed by atoms with Crippen LogP contribution in [0.1, 0.15) is 39.9 Å². The van der Waals surface area contributed by atoms with E-state index < -0.39 is 21.8 Å². The van der Waals surface area contributed by atoms with E-state index >= 15 is 0 Å². The third kappa shape index (κ3) is 5.23. The Bertz CT molecular complexity index is 1310. The zero-order valence-corrected chi connectivity index (χ0v) is 20.5. The highest BCUT2D eigenvalue weighted by molar-refractivity contribution is 7.89. The molecule has 1 saturated heterocycles. The van der Waals surface area contributed by atoms with Gasteiger partial charge in [0.2, 0.25) is 15.9 Å². The monoisotopic (exact) mass is 497 g/mol. The molecule has 1 aliphatic rings. The first-order chi connectivity index (χ1) is 16.7. The van der Waals surface area contributed by atoms with Crippen LogP contribution in [0.3, 0.4) is 0 Å². The number of benzene rings is 2. The maximum absolute atomic E-state index is 13.2. The fourth-order valence-corrected chi connectivity index (χ4v) is 6.28. The first-order valence-electron chi connectivity index (χ1n) is 11.2. The summed E-state index contributed by atoms with van der Waals surface area (Å²) in [6.45, 7) is 6.01. The fourth-order valence-electron chi connectivity index (χ4n) is 4.40. The summed E-state index contributed by atoms with van der Waals surface area (Å²) in [6.07, 6.45) is 2.17. The van der Waals surface area contributed by atoms with Gasteiger partial charge in [-0.15, -0.1) is 5.10 Å². The summed E-state index contributed by atoms with van der Waals surface area (Å²) in [5.74, 6) is -1.21. The Labute approximate surface area is 203 Å². The molecule has 0 radical (unpaired) electrons. The van der Waals surface area contributed by atoms with Crippen molar-refractivity contribution in [3.8, 4) is 5.69 Å². The van der Waals surface area contributed by atoms with Crippen LogP contribution >= 0.6 is 0 Å². The summed E-state index contributed by atoms with van der Waals surface area (Å²) < 4.78 is 29.4. The summed E-state index contributed by atoms with van der Waals surface area (Å²) in [5.41, 5.74) is 8.37. The molecule has 0 saturated carbocycles. The number of tetrazole rings is 1. The molecule has 0 atom stereocenters. The maximum atomic E-state index is 13.2. The molecule has 4 rings (SSSR count). The van der Waals surface area contributed by atoms with E-state index in [1.54, 1.807) is 38.1 Å². The van der Waals surface area contributed by atoms with Crippen molar-refractivity contribution in [3.63, 3.8) is 0 Å². The second-order valence-corrected chi connectivity index (χ2v) is 10.5. The van der Waals surface area contributed by atoms with Crippen LogP contribution in [-0.2, 0) is 14.8 Å². The zero-order valence-electron chi connectivity index (χ0n) is 19.7. The Balaban J connectivity index is 1.31. The van der Waals surface area contributed by atoms with Crippen LogP contribution in [0.5, 0.6) is 0 Å². The zero-order chi connectivity index (χ0) is 25.2. The molecule has 0 bridgehead atoms. The quantitative estimate of drug-likeness (QED) is 0.509. The van der Waals surface area contributed by atoms with Gasteiger partial charge < -0.3 is 0 Å². The van der Waals surface area contributed by atoms with Crippen molar-refractivity contribution in [2.24, 2.45) is 5.92 Å². The first-order valence-corrected chi connectivity index (χ1v) is 12.6. The second kappa shape index (κ2) is 9.92. The number of carbonyl (C=O) groups excluding carboxylic acids is 2. The number of nitrogens with one attached hydrogen (secondary N) is 2. The molecule has 2 heterocycles. The van der Waals surface area contributed by atoms with Crippen molar-refractivity contribution >= 4 is 21.8 Å². The largest absolute Gasteiger partial charge is 0.273 e. The van der Waals surface area contributed by atoms with Crippen molar-refractivity contribution < 1.29 is 18.0 Å². The molecule has 3 aromatic rings. The Morgan fingerprint density at radius 3 is 2.17 bits per heavy atom. The molecule has 12 heteroatoms. The Morgan fingerprint density at radius 1 is 0.971 bits per heavy atom. The maximum Gasteiger partial charge on any atom is 0.269 e. The Kier molecular flexibility index (Phi) is 6.94. The number of aryl methyl sites for hydroxylation is 3. The summed E-state index contributed by atoms with van der Waals surface area (Å²) in [7, 11) is -3.65. The SMILES string of the molecule is Cc1cc(C)c(S(=O)(=O)N2CCC(C(=O)NNC(=O)c3ccc(-n4cnnn4)cc3)CC2)c(C)c1. The standard InChI is InChI=1S/C23H27N7O4S/c1-15-12-16(2)21(17(3)13-15)35(33,34)29-10-8-19(9-11-29)23(32)26-25-22(31)18-4-6-20(7-5-18)30-14-24-27-28-30/h4-7,12-14,19H,8-11H2,1-3H3,(H,25,31)(H,26,32). The van der Waals surface area contributed by atoms with E-state index in [0.29, 0.717) is 29.0 Å². The van der Waals surface area contributed by atoms with Gasteiger partial charge in [0.25, 0.3) is 5.91 Å². The van der Waals surface area contributed by atoms with Gasteiger partial charge >= 0.3 is 0 Å². The van der Waals surface area contributed by atoms with Crippen molar-refractivity contribution in [2.45, 2.75) is 38.5 Å². The van der Waals surface area contributed by atoms with Crippen LogP contribution in [0.15, 0.2) is 47.6 Å². The number of rotatable bonds is 5. The van der Waals surface area contributed by atoms with Crippen molar-refractivity contribution in [1.29, 1.82) is 0 Å². The molecule has 1 aliphatic heterocycles. The molecule has 2 aromatic carbocycles. The molecular formula is C23H27N7O4S. The van der Waals surface area contributed by atoms with E-state index in [0.717, 1.165) is 16.7 Å². The lowest BCUT2D eigenvalue weighted by atomic mass is 9.98. The summed E-state index contributed by atoms with van der Waals surface area (Å²) in [6, 6.07) is 10.3. The van der Waals surface area contributed by atoms with E-state index in [4.69, 9.17) is 0 Å². The average molecular weight is 498 g/mol. The van der Waals surface area contributed by atoms with Crippen LogP contribution in [0.4, 0.5) is 0 Å². The molecule has 1 fully saturated rings. The number of amides is 2. The van der Waals surface area contributed by atoms with Crippen LogP contribution in [0, 0.1) is 26.7 Å². The number of hydrogen-bond donors (Lipinski definition) is 2. The number of carbonyl (C=O) groups is 2. The van der Waals surface area contributed by atoms with Crippen molar-refractivity contribution in [1.82, 2.24) is 35.4 Å². The Hall–Kier alpha value is -3.64. The highest BCUT2D eigenvalue weighted by atomic mass is 32.2. The molecular weight excluding hydrogens is 470 g/mol. The topological polar surface area (TPSA) is 139 Å². The smallest absolute Gasteiger partial charge is 0.269 e. The Morgan fingerprint density at radius 2 is 1.60 bits per heavy atom. The van der Waals surface area contributed by atoms with Crippen molar-refractivity contribution in [2.75, 3.05) is 13.1 Å². The van der Waals surface area contributed by atoms with Gasteiger partial charge in [-0.25, -0.2) is 13.1 Å². The van der Waals surface area contributed by atoms with E-state index in [-0.39, 0.29) is 19.0 Å². The number of piperidine rings is 1. The van der Waals surface area contributed by atoms with Gasteiger partial charge in [0.1, 0.15) is 6.33 Å². The molecule has 0 unspecified atom stereocenters. The predicted molar refractivity (Wildman–Crippen MR) is 127 cm³/mol. The third-order valence-electron chi connectivity index (χ3n) is 6.07. The van der Waals surface area contributed by atoms with E-state index in [9.17, 15) is 18.0 Å². The third-order valence-corrected chi connectivity index (χ3v) is 8.27. The fraction of sp³-hybridized carbons (Fsp3) is 0.348. The van der Waals surface area contributed by atoms with Gasteiger partial charge in [-0.3, -0.25) is 20.4 Å². The second-order valence-electron chi connectivity index (χ2n) is 8.65. The van der Waals surface area contributed by atoms with E-state index in [1.807, 2.05) is 19.1 Å². The van der Waals surface area contributed by atoms with Crippen molar-refractivity contribution in [3.05, 3.63) is 65.0 Å². The first kappa shape index (κ1) is 24.5.